The van der Waals surface area contributed by atoms with Crippen molar-refractivity contribution in [3.05, 3.63) is 28.2 Å². The molecule has 3 aliphatic heterocycles. The van der Waals surface area contributed by atoms with Crippen LogP contribution in [0.25, 0.3) is 0 Å². The third kappa shape index (κ3) is 2.08. The van der Waals surface area contributed by atoms with Crippen LogP contribution in [0.1, 0.15) is 32.3 Å². The Morgan fingerprint density at radius 3 is 2.76 bits per heavy atom. The van der Waals surface area contributed by atoms with E-state index in [0.717, 1.165) is 28.6 Å². The Hall–Kier alpha value is -1.73. The first kappa shape index (κ1) is 16.7. The molecule has 0 unspecified atom stereocenters. The maximum atomic E-state index is 13.1. The number of unbranched alkanes of at least 4 members (excludes halogenated alkanes) is 1. The second-order valence-electron chi connectivity index (χ2n) is 7.22. The van der Waals surface area contributed by atoms with E-state index in [9.17, 15) is 14.4 Å². The highest BCUT2D eigenvalue weighted by atomic mass is 79.9. The molecule has 0 bridgehead atoms. The standard InChI is InChI=1S/C18H20BrN3O3/c1-3-4-7-22-15(23)13-9(2)21-18(14(13)16(22)24)11-8-10(19)5-6-12(11)20-17(18)25/h5-6,8-9,13-14,21H,3-4,7H2,1-2H3,(H,20,25)/p+1/t9-,13-,14+,18-/m1/s1. The third-order valence-electron chi connectivity index (χ3n) is 5.81. The smallest absolute Gasteiger partial charge is 0.291 e. The lowest BCUT2D eigenvalue weighted by Gasteiger charge is -2.25. The maximum Gasteiger partial charge on any atom is 0.291 e. The van der Waals surface area contributed by atoms with Gasteiger partial charge in [-0.05, 0) is 31.5 Å². The number of nitrogens with zero attached hydrogens (tertiary/aromatic N) is 1. The van der Waals surface area contributed by atoms with Crippen LogP contribution >= 0.6 is 15.9 Å². The average molecular weight is 407 g/mol. The van der Waals surface area contributed by atoms with Gasteiger partial charge in [0.15, 0.2) is 0 Å². The molecular formula is C18H21BrN3O3+. The lowest BCUT2D eigenvalue weighted by molar-refractivity contribution is -0.730. The van der Waals surface area contributed by atoms with E-state index in [4.69, 9.17) is 0 Å². The topological polar surface area (TPSA) is 83.1 Å². The lowest BCUT2D eigenvalue weighted by Crippen LogP contribution is -2.98. The summed E-state index contributed by atoms with van der Waals surface area (Å²) in [6.45, 7) is 4.41. The molecule has 25 heavy (non-hydrogen) atoms. The molecule has 0 aromatic heterocycles. The molecule has 4 rings (SSSR count). The number of quaternary nitrogens is 1. The molecule has 3 amide bonds. The number of carbonyl (C=O) groups excluding carboxylic acids is 3. The van der Waals surface area contributed by atoms with Gasteiger partial charge >= 0.3 is 0 Å². The molecule has 3 N–H and O–H groups in total. The molecule has 1 aromatic carbocycles. The first-order valence-electron chi connectivity index (χ1n) is 8.74. The quantitative estimate of drug-likeness (QED) is 0.733. The summed E-state index contributed by atoms with van der Waals surface area (Å²) in [4.78, 5) is 40.4. The Bertz CT molecular complexity index is 796. The molecule has 3 heterocycles. The Morgan fingerprint density at radius 1 is 1.28 bits per heavy atom. The predicted molar refractivity (Wildman–Crippen MR) is 94.4 cm³/mol. The van der Waals surface area contributed by atoms with Crippen LogP contribution in [-0.4, -0.2) is 35.2 Å². The number of hydrogen-bond donors (Lipinski definition) is 2. The number of anilines is 1. The van der Waals surface area contributed by atoms with Crippen molar-refractivity contribution in [3.63, 3.8) is 0 Å². The van der Waals surface area contributed by atoms with Gasteiger partial charge in [0.2, 0.25) is 17.4 Å². The largest absolute Gasteiger partial charge is 0.326 e. The zero-order chi connectivity index (χ0) is 17.9. The van der Waals surface area contributed by atoms with Crippen molar-refractivity contribution in [1.29, 1.82) is 0 Å². The van der Waals surface area contributed by atoms with Crippen molar-refractivity contribution in [1.82, 2.24) is 4.90 Å². The number of benzene rings is 1. The minimum absolute atomic E-state index is 0.122. The van der Waals surface area contributed by atoms with Gasteiger partial charge in [0.05, 0.1) is 11.7 Å². The summed E-state index contributed by atoms with van der Waals surface area (Å²) in [5, 5.41) is 4.83. The second-order valence-corrected chi connectivity index (χ2v) is 8.14. The van der Waals surface area contributed by atoms with Crippen LogP contribution in [0.2, 0.25) is 0 Å². The summed E-state index contributed by atoms with van der Waals surface area (Å²) < 4.78 is 0.853. The fourth-order valence-electron chi connectivity index (χ4n) is 4.71. The Labute approximate surface area is 154 Å². The van der Waals surface area contributed by atoms with Crippen molar-refractivity contribution in [2.75, 3.05) is 11.9 Å². The van der Waals surface area contributed by atoms with E-state index in [0.29, 0.717) is 6.54 Å². The lowest BCUT2D eigenvalue weighted by atomic mass is 9.76. The van der Waals surface area contributed by atoms with Crippen molar-refractivity contribution in [2.24, 2.45) is 11.8 Å². The number of carbonyl (C=O) groups is 3. The molecular weight excluding hydrogens is 386 g/mol. The van der Waals surface area contributed by atoms with E-state index in [1.807, 2.05) is 37.4 Å². The first-order chi connectivity index (χ1) is 11.9. The van der Waals surface area contributed by atoms with E-state index >= 15 is 0 Å². The average Bonchev–Trinajstić information content (AvgIpc) is 3.12. The van der Waals surface area contributed by atoms with Crippen LogP contribution in [-0.2, 0) is 19.9 Å². The minimum atomic E-state index is -1.04. The van der Waals surface area contributed by atoms with Crippen LogP contribution < -0.4 is 10.6 Å². The van der Waals surface area contributed by atoms with Gasteiger partial charge in [0, 0.05) is 16.6 Å². The number of likely N-dealkylation sites (tertiary alicyclic amines) is 1. The number of hydrogen-bond acceptors (Lipinski definition) is 3. The fraction of sp³-hybridized carbons (Fsp3) is 0.500. The molecule has 0 saturated carbocycles. The highest BCUT2D eigenvalue weighted by Crippen LogP contribution is 2.49. The monoisotopic (exact) mass is 406 g/mol. The van der Waals surface area contributed by atoms with E-state index in [2.05, 4.69) is 21.2 Å². The number of imide groups is 1. The van der Waals surface area contributed by atoms with Crippen molar-refractivity contribution >= 4 is 39.3 Å². The summed E-state index contributed by atoms with van der Waals surface area (Å²) in [6, 6.07) is 5.48. The van der Waals surface area contributed by atoms with Crippen LogP contribution in [0.4, 0.5) is 5.69 Å². The Kier molecular flexibility index (Phi) is 3.77. The Balaban J connectivity index is 1.83. The summed E-state index contributed by atoms with van der Waals surface area (Å²) in [6.07, 6.45) is 1.70. The molecule has 1 spiro atoms. The number of halogens is 1. The molecule has 0 aliphatic carbocycles. The SMILES string of the molecule is CCCCN1C(=O)[C@H]2[C@@H](C1=O)[C@@]1([NH2+][C@@H]2C)C(=O)Nc2ccc(Br)cc21. The molecule has 7 heteroatoms. The zero-order valence-corrected chi connectivity index (χ0v) is 15.8. The normalized spacial score (nSPS) is 33.2. The van der Waals surface area contributed by atoms with Gasteiger partial charge in [-0.25, -0.2) is 0 Å². The predicted octanol–water partition coefficient (Wildman–Crippen LogP) is 0.963. The summed E-state index contributed by atoms with van der Waals surface area (Å²) in [5.74, 6) is -1.60. The summed E-state index contributed by atoms with van der Waals surface area (Å²) >= 11 is 3.46. The second kappa shape index (κ2) is 5.64. The van der Waals surface area contributed by atoms with E-state index in [-0.39, 0.29) is 23.8 Å². The number of rotatable bonds is 3. The third-order valence-corrected chi connectivity index (χ3v) is 6.30. The molecule has 6 nitrogen and oxygen atoms in total. The van der Waals surface area contributed by atoms with Crippen LogP contribution in [0.3, 0.4) is 0 Å². The summed E-state index contributed by atoms with van der Waals surface area (Å²) in [7, 11) is 0. The van der Waals surface area contributed by atoms with Gasteiger partial charge in [-0.3, -0.25) is 19.3 Å². The minimum Gasteiger partial charge on any atom is -0.326 e. The highest BCUT2D eigenvalue weighted by Gasteiger charge is 2.73. The zero-order valence-electron chi connectivity index (χ0n) is 14.2. The van der Waals surface area contributed by atoms with Crippen LogP contribution in [0, 0.1) is 11.8 Å². The molecule has 132 valence electrons. The van der Waals surface area contributed by atoms with Gasteiger partial charge in [-0.2, -0.15) is 0 Å². The van der Waals surface area contributed by atoms with Crippen molar-refractivity contribution in [3.8, 4) is 0 Å². The van der Waals surface area contributed by atoms with Gasteiger partial charge in [-0.15, -0.1) is 0 Å². The molecule has 4 atom stereocenters. The number of nitrogens with two attached hydrogens (primary N) is 1. The van der Waals surface area contributed by atoms with Crippen LogP contribution in [0.15, 0.2) is 22.7 Å². The molecule has 3 aliphatic rings. The fourth-order valence-corrected chi connectivity index (χ4v) is 5.07. The molecule has 1 aromatic rings. The first-order valence-corrected chi connectivity index (χ1v) is 9.53. The van der Waals surface area contributed by atoms with E-state index in [1.54, 1.807) is 0 Å². The van der Waals surface area contributed by atoms with Gasteiger partial charge < -0.3 is 10.6 Å². The number of nitrogens with one attached hydrogen (secondary N) is 1. The van der Waals surface area contributed by atoms with Gasteiger partial charge in [0.25, 0.3) is 5.91 Å². The van der Waals surface area contributed by atoms with Crippen LogP contribution in [0.5, 0.6) is 0 Å². The Morgan fingerprint density at radius 2 is 2.04 bits per heavy atom. The number of fused-ring (bicyclic) bond motifs is 4. The summed E-state index contributed by atoms with van der Waals surface area (Å²) in [5.41, 5.74) is 0.478. The maximum absolute atomic E-state index is 13.1. The van der Waals surface area contributed by atoms with Crippen molar-refractivity contribution in [2.45, 2.75) is 38.3 Å². The van der Waals surface area contributed by atoms with E-state index in [1.165, 1.54) is 4.90 Å². The van der Waals surface area contributed by atoms with E-state index < -0.39 is 17.4 Å². The molecule has 0 radical (unpaired) electrons. The number of amides is 3. The van der Waals surface area contributed by atoms with Gasteiger partial charge in [-0.1, -0.05) is 29.3 Å². The van der Waals surface area contributed by atoms with Crippen molar-refractivity contribution < 1.29 is 19.7 Å². The van der Waals surface area contributed by atoms with Gasteiger partial charge in [0.1, 0.15) is 11.8 Å². The highest BCUT2D eigenvalue weighted by molar-refractivity contribution is 9.10. The molecule has 2 fully saturated rings. The molecule has 2 saturated heterocycles.